The molecule has 1 heterocycles. The summed E-state index contributed by atoms with van der Waals surface area (Å²) in [6, 6.07) is 2.72. The molecule has 6 nitrogen and oxygen atoms in total. The maximum Gasteiger partial charge on any atom is 0.330 e. The standard InChI is InChI=1S/C8H11N3O3/c9-8(13)11-10-7(12)4-3-6-2-1-5-14-6/h1-2,5H,3-4H2,(H,10,12)(H3,9,11,13). The molecule has 0 unspecified atom stereocenters. The van der Waals surface area contributed by atoms with E-state index in [-0.39, 0.29) is 12.3 Å². The molecule has 4 N–H and O–H groups in total. The number of nitrogens with two attached hydrogens (primary N) is 1. The largest absolute Gasteiger partial charge is 0.469 e. The monoisotopic (exact) mass is 197 g/mol. The molecule has 1 rings (SSSR count). The molecule has 0 atom stereocenters. The van der Waals surface area contributed by atoms with Gasteiger partial charge in [-0.2, -0.15) is 0 Å². The quantitative estimate of drug-likeness (QED) is 0.591. The second-order valence-electron chi connectivity index (χ2n) is 2.62. The number of hydrogen-bond acceptors (Lipinski definition) is 3. The summed E-state index contributed by atoms with van der Waals surface area (Å²) in [4.78, 5) is 21.2. The molecule has 3 amide bonds. The van der Waals surface area contributed by atoms with Crippen molar-refractivity contribution >= 4 is 11.9 Å². The van der Waals surface area contributed by atoms with Crippen molar-refractivity contribution in [1.29, 1.82) is 0 Å². The first-order valence-corrected chi connectivity index (χ1v) is 4.05. The second kappa shape index (κ2) is 4.90. The van der Waals surface area contributed by atoms with Gasteiger partial charge in [0.1, 0.15) is 5.76 Å². The minimum atomic E-state index is -0.795. The SMILES string of the molecule is NC(=O)NNC(=O)CCc1ccco1. The Bertz CT molecular complexity index is 308. The molecule has 0 saturated carbocycles. The van der Waals surface area contributed by atoms with E-state index in [9.17, 15) is 9.59 Å². The number of urea groups is 1. The van der Waals surface area contributed by atoms with E-state index in [4.69, 9.17) is 10.2 Å². The molecule has 0 aromatic carbocycles. The number of nitrogens with one attached hydrogen (secondary N) is 2. The van der Waals surface area contributed by atoms with E-state index < -0.39 is 6.03 Å². The summed E-state index contributed by atoms with van der Waals surface area (Å²) in [5.74, 6) is 0.402. The summed E-state index contributed by atoms with van der Waals surface area (Å²) in [6.45, 7) is 0. The summed E-state index contributed by atoms with van der Waals surface area (Å²) in [7, 11) is 0. The number of hydrazine groups is 1. The molecule has 6 heteroatoms. The van der Waals surface area contributed by atoms with Gasteiger partial charge in [0.2, 0.25) is 5.91 Å². The highest BCUT2D eigenvalue weighted by atomic mass is 16.3. The lowest BCUT2D eigenvalue weighted by Gasteiger charge is -2.02. The number of primary amides is 1. The van der Waals surface area contributed by atoms with Gasteiger partial charge >= 0.3 is 6.03 Å². The van der Waals surface area contributed by atoms with Crippen LogP contribution in [0, 0.1) is 0 Å². The van der Waals surface area contributed by atoms with Crippen LogP contribution in [0.1, 0.15) is 12.2 Å². The van der Waals surface area contributed by atoms with Gasteiger partial charge < -0.3 is 10.2 Å². The van der Waals surface area contributed by atoms with E-state index in [1.807, 2.05) is 5.43 Å². The Morgan fingerprint density at radius 1 is 1.43 bits per heavy atom. The topological polar surface area (TPSA) is 97.4 Å². The number of amides is 3. The Labute approximate surface area is 80.4 Å². The molecule has 1 aromatic heterocycles. The van der Waals surface area contributed by atoms with E-state index in [0.717, 1.165) is 5.76 Å². The first kappa shape index (κ1) is 10.1. The van der Waals surface area contributed by atoms with Gasteiger partial charge in [-0.25, -0.2) is 10.2 Å². The summed E-state index contributed by atoms with van der Waals surface area (Å²) in [5.41, 5.74) is 8.87. The molecule has 0 spiro atoms. The Hall–Kier alpha value is -1.98. The molecule has 1 aromatic rings. The Balaban J connectivity index is 2.18. The van der Waals surface area contributed by atoms with E-state index in [1.54, 1.807) is 12.1 Å². The van der Waals surface area contributed by atoms with Crippen LogP contribution in [0.15, 0.2) is 22.8 Å². The van der Waals surface area contributed by atoms with Gasteiger partial charge in [-0.1, -0.05) is 0 Å². The smallest absolute Gasteiger partial charge is 0.330 e. The average Bonchev–Trinajstić information content (AvgIpc) is 2.63. The van der Waals surface area contributed by atoms with Crippen LogP contribution in [0.2, 0.25) is 0 Å². The Morgan fingerprint density at radius 2 is 2.21 bits per heavy atom. The number of carbonyl (C=O) groups is 2. The normalized spacial score (nSPS) is 9.43. The molecule has 0 saturated heterocycles. The van der Waals surface area contributed by atoms with Crippen molar-refractivity contribution in [3.8, 4) is 0 Å². The van der Waals surface area contributed by atoms with Crippen LogP contribution >= 0.6 is 0 Å². The molecule has 76 valence electrons. The van der Waals surface area contributed by atoms with Gasteiger partial charge in [-0.15, -0.1) is 0 Å². The van der Waals surface area contributed by atoms with Crippen molar-refractivity contribution in [3.05, 3.63) is 24.2 Å². The third-order valence-electron chi connectivity index (χ3n) is 1.50. The van der Waals surface area contributed by atoms with E-state index in [2.05, 4.69) is 5.43 Å². The number of hydrogen-bond donors (Lipinski definition) is 3. The van der Waals surface area contributed by atoms with Crippen molar-refractivity contribution in [2.75, 3.05) is 0 Å². The molecular weight excluding hydrogens is 186 g/mol. The lowest BCUT2D eigenvalue weighted by Crippen LogP contribution is -2.44. The fraction of sp³-hybridized carbons (Fsp3) is 0.250. The predicted octanol–water partition coefficient (Wildman–Crippen LogP) is -0.0883. The Kier molecular flexibility index (Phi) is 3.54. The highest BCUT2D eigenvalue weighted by Crippen LogP contribution is 2.02. The zero-order valence-electron chi connectivity index (χ0n) is 7.45. The number of rotatable bonds is 3. The van der Waals surface area contributed by atoms with Crippen LogP contribution < -0.4 is 16.6 Å². The summed E-state index contributed by atoms with van der Waals surface area (Å²) in [6.07, 6.45) is 2.25. The van der Waals surface area contributed by atoms with Gasteiger partial charge in [-0.3, -0.25) is 10.2 Å². The van der Waals surface area contributed by atoms with Gasteiger partial charge in [0, 0.05) is 12.8 Å². The predicted molar refractivity (Wildman–Crippen MR) is 47.9 cm³/mol. The number of furan rings is 1. The van der Waals surface area contributed by atoms with Gasteiger partial charge in [0.25, 0.3) is 0 Å². The third kappa shape index (κ3) is 3.61. The highest BCUT2D eigenvalue weighted by Gasteiger charge is 2.03. The fourth-order valence-corrected chi connectivity index (χ4v) is 0.885. The van der Waals surface area contributed by atoms with Crippen LogP contribution in [0.25, 0.3) is 0 Å². The first-order chi connectivity index (χ1) is 6.68. The highest BCUT2D eigenvalue weighted by molar-refractivity contribution is 5.80. The molecule has 0 aliphatic carbocycles. The molecule has 0 aliphatic heterocycles. The lowest BCUT2D eigenvalue weighted by atomic mass is 10.2. The average molecular weight is 197 g/mol. The lowest BCUT2D eigenvalue weighted by molar-refractivity contribution is -0.121. The van der Waals surface area contributed by atoms with Crippen LogP contribution in [-0.4, -0.2) is 11.9 Å². The van der Waals surface area contributed by atoms with Crippen LogP contribution in [-0.2, 0) is 11.2 Å². The fourth-order valence-electron chi connectivity index (χ4n) is 0.885. The number of aryl methyl sites for hydroxylation is 1. The molecule has 0 radical (unpaired) electrons. The zero-order valence-corrected chi connectivity index (χ0v) is 7.45. The van der Waals surface area contributed by atoms with Gasteiger partial charge in [0.15, 0.2) is 0 Å². The molecule has 0 bridgehead atoms. The molecule has 0 fully saturated rings. The maximum atomic E-state index is 11.0. The van der Waals surface area contributed by atoms with E-state index >= 15 is 0 Å². The van der Waals surface area contributed by atoms with Crippen LogP contribution in [0.4, 0.5) is 4.79 Å². The van der Waals surface area contributed by atoms with Crippen molar-refractivity contribution in [2.45, 2.75) is 12.8 Å². The summed E-state index contributed by atoms with van der Waals surface area (Å²) < 4.78 is 5.02. The van der Waals surface area contributed by atoms with Crippen molar-refractivity contribution in [2.24, 2.45) is 5.73 Å². The van der Waals surface area contributed by atoms with E-state index in [1.165, 1.54) is 6.26 Å². The van der Waals surface area contributed by atoms with E-state index in [0.29, 0.717) is 6.42 Å². The van der Waals surface area contributed by atoms with Crippen molar-refractivity contribution in [3.63, 3.8) is 0 Å². The minimum absolute atomic E-state index is 0.230. The first-order valence-electron chi connectivity index (χ1n) is 4.05. The third-order valence-corrected chi connectivity index (χ3v) is 1.50. The second-order valence-corrected chi connectivity index (χ2v) is 2.62. The summed E-state index contributed by atoms with van der Waals surface area (Å²) >= 11 is 0. The molecule has 14 heavy (non-hydrogen) atoms. The zero-order chi connectivity index (χ0) is 10.4. The van der Waals surface area contributed by atoms with Crippen LogP contribution in [0.5, 0.6) is 0 Å². The summed E-state index contributed by atoms with van der Waals surface area (Å²) in [5, 5.41) is 0. The van der Waals surface area contributed by atoms with Crippen molar-refractivity contribution < 1.29 is 14.0 Å². The van der Waals surface area contributed by atoms with Gasteiger partial charge in [0.05, 0.1) is 6.26 Å². The van der Waals surface area contributed by atoms with Crippen LogP contribution in [0.3, 0.4) is 0 Å². The Morgan fingerprint density at radius 3 is 2.79 bits per heavy atom. The van der Waals surface area contributed by atoms with Crippen molar-refractivity contribution in [1.82, 2.24) is 10.9 Å². The van der Waals surface area contributed by atoms with Gasteiger partial charge in [-0.05, 0) is 12.1 Å². The number of carbonyl (C=O) groups excluding carboxylic acids is 2. The molecular formula is C8H11N3O3. The molecule has 0 aliphatic rings. The maximum absolute atomic E-state index is 11.0. The minimum Gasteiger partial charge on any atom is -0.469 e.